The maximum atomic E-state index is 11.6. The van der Waals surface area contributed by atoms with Crippen LogP contribution in [0, 0.1) is 6.92 Å². The predicted octanol–water partition coefficient (Wildman–Crippen LogP) is 2.89. The Morgan fingerprint density at radius 3 is 2.62 bits per heavy atom. The number of carboxylic acids is 1. The third-order valence-electron chi connectivity index (χ3n) is 3.28. The summed E-state index contributed by atoms with van der Waals surface area (Å²) in [6.45, 7) is 8.67. The molecule has 0 saturated carbocycles. The summed E-state index contributed by atoms with van der Waals surface area (Å²) in [6.07, 6.45) is 1.76. The third kappa shape index (κ3) is 2.81. The van der Waals surface area contributed by atoms with E-state index in [4.69, 9.17) is 0 Å². The molecule has 0 radical (unpaired) electrons. The second-order valence-electron chi connectivity index (χ2n) is 4.66. The van der Waals surface area contributed by atoms with E-state index in [0.29, 0.717) is 24.6 Å². The van der Waals surface area contributed by atoms with Crippen molar-refractivity contribution in [2.45, 2.75) is 13.8 Å². The summed E-state index contributed by atoms with van der Waals surface area (Å²) in [5.41, 5.74) is 1.58. The van der Waals surface area contributed by atoms with Crippen LogP contribution in [-0.4, -0.2) is 33.9 Å². The van der Waals surface area contributed by atoms with Gasteiger partial charge in [-0.1, -0.05) is 24.3 Å². The maximum Gasteiger partial charge on any atom is 0.341 e. The fourth-order valence-corrected chi connectivity index (χ4v) is 2.33. The monoisotopic (exact) mass is 285 g/mol. The molecular weight excluding hydrogens is 266 g/mol. The van der Waals surface area contributed by atoms with E-state index in [1.165, 1.54) is 0 Å². The van der Waals surface area contributed by atoms with Crippen LogP contribution in [-0.2, 0) is 0 Å². The van der Waals surface area contributed by atoms with Crippen LogP contribution in [0.5, 0.6) is 0 Å². The van der Waals surface area contributed by atoms with Gasteiger partial charge in [0.25, 0.3) is 0 Å². The molecule has 0 aliphatic heterocycles. The highest BCUT2D eigenvalue weighted by Crippen LogP contribution is 2.27. The molecule has 2 rings (SSSR count). The van der Waals surface area contributed by atoms with Crippen molar-refractivity contribution in [3.05, 3.63) is 54.2 Å². The highest BCUT2D eigenvalue weighted by molar-refractivity contribution is 5.95. The Bertz CT molecular complexity index is 647. The zero-order valence-corrected chi connectivity index (χ0v) is 12.3. The Kier molecular flexibility index (Phi) is 4.42. The first-order valence-electron chi connectivity index (χ1n) is 6.84. The third-order valence-corrected chi connectivity index (χ3v) is 3.28. The van der Waals surface area contributed by atoms with Gasteiger partial charge in [-0.3, -0.25) is 0 Å². The first-order chi connectivity index (χ1) is 10.1. The molecule has 0 amide bonds. The molecule has 1 aromatic heterocycles. The normalized spacial score (nSPS) is 10.4. The van der Waals surface area contributed by atoms with Gasteiger partial charge in [-0.2, -0.15) is 5.10 Å². The van der Waals surface area contributed by atoms with Gasteiger partial charge in [0.05, 0.1) is 11.4 Å². The summed E-state index contributed by atoms with van der Waals surface area (Å²) in [4.78, 5) is 13.6. The Morgan fingerprint density at radius 2 is 2.10 bits per heavy atom. The van der Waals surface area contributed by atoms with Crippen molar-refractivity contribution in [3.8, 4) is 5.69 Å². The number of nitrogens with zero attached hydrogens (tertiary/aromatic N) is 3. The molecule has 0 atom stereocenters. The number of aryl methyl sites for hydroxylation is 1. The Morgan fingerprint density at radius 1 is 1.43 bits per heavy atom. The molecule has 1 aromatic carbocycles. The summed E-state index contributed by atoms with van der Waals surface area (Å²) < 4.78 is 1.69. The smallest absolute Gasteiger partial charge is 0.341 e. The van der Waals surface area contributed by atoms with Gasteiger partial charge in [-0.15, -0.1) is 6.58 Å². The van der Waals surface area contributed by atoms with Gasteiger partial charge in [-0.05, 0) is 26.0 Å². The number of carbonyl (C=O) groups is 1. The van der Waals surface area contributed by atoms with Crippen molar-refractivity contribution in [1.29, 1.82) is 0 Å². The largest absolute Gasteiger partial charge is 0.477 e. The molecule has 0 spiro atoms. The Hall–Kier alpha value is -2.56. The van der Waals surface area contributed by atoms with E-state index in [1.54, 1.807) is 17.7 Å². The minimum atomic E-state index is -0.966. The summed E-state index contributed by atoms with van der Waals surface area (Å²) in [7, 11) is 0. The zero-order chi connectivity index (χ0) is 15.4. The number of hydrogen-bond donors (Lipinski definition) is 1. The van der Waals surface area contributed by atoms with Gasteiger partial charge in [0.2, 0.25) is 0 Å². The van der Waals surface area contributed by atoms with Crippen LogP contribution in [0.15, 0.2) is 43.0 Å². The molecule has 2 aromatic rings. The molecule has 1 heterocycles. The number of anilines is 1. The second kappa shape index (κ2) is 6.26. The lowest BCUT2D eigenvalue weighted by atomic mass is 10.2. The molecule has 0 aliphatic carbocycles. The minimum Gasteiger partial charge on any atom is -0.477 e. The average Bonchev–Trinajstić information content (AvgIpc) is 2.83. The molecule has 110 valence electrons. The molecule has 0 unspecified atom stereocenters. The van der Waals surface area contributed by atoms with Gasteiger partial charge < -0.3 is 10.0 Å². The van der Waals surface area contributed by atoms with E-state index in [2.05, 4.69) is 11.7 Å². The standard InChI is InChI=1S/C16H19N3O2/c1-4-11-18(5-2)15-14(16(20)21)12(3)17-19(15)13-9-7-6-8-10-13/h4,6-10H,1,5,11H2,2-3H3,(H,20,21). The van der Waals surface area contributed by atoms with Gasteiger partial charge in [-0.25, -0.2) is 9.48 Å². The lowest BCUT2D eigenvalue weighted by molar-refractivity contribution is 0.0697. The van der Waals surface area contributed by atoms with Crippen LogP contribution in [0.4, 0.5) is 5.82 Å². The predicted molar refractivity (Wildman–Crippen MR) is 83.3 cm³/mol. The van der Waals surface area contributed by atoms with Crippen LogP contribution in [0.3, 0.4) is 0 Å². The lowest BCUT2D eigenvalue weighted by Crippen LogP contribution is -2.27. The number of benzene rings is 1. The van der Waals surface area contributed by atoms with Crippen molar-refractivity contribution in [2.75, 3.05) is 18.0 Å². The van der Waals surface area contributed by atoms with Crippen molar-refractivity contribution < 1.29 is 9.90 Å². The summed E-state index contributed by atoms with van der Waals surface area (Å²) in [5.74, 6) is -0.374. The SMILES string of the molecule is C=CCN(CC)c1c(C(=O)O)c(C)nn1-c1ccccc1. The van der Waals surface area contributed by atoms with E-state index in [-0.39, 0.29) is 5.56 Å². The van der Waals surface area contributed by atoms with Crippen LogP contribution in [0.1, 0.15) is 23.0 Å². The molecule has 5 nitrogen and oxygen atoms in total. The quantitative estimate of drug-likeness (QED) is 0.829. The number of aromatic carboxylic acids is 1. The van der Waals surface area contributed by atoms with Crippen molar-refractivity contribution in [3.63, 3.8) is 0 Å². The number of aromatic nitrogens is 2. The van der Waals surface area contributed by atoms with E-state index < -0.39 is 5.97 Å². The topological polar surface area (TPSA) is 58.4 Å². The number of hydrogen-bond acceptors (Lipinski definition) is 3. The molecule has 5 heteroatoms. The molecule has 0 saturated heterocycles. The van der Waals surface area contributed by atoms with Gasteiger partial charge in [0, 0.05) is 13.1 Å². The highest BCUT2D eigenvalue weighted by atomic mass is 16.4. The van der Waals surface area contributed by atoms with Crippen molar-refractivity contribution in [1.82, 2.24) is 9.78 Å². The number of para-hydroxylation sites is 1. The Labute approximate surface area is 124 Å². The van der Waals surface area contributed by atoms with Crippen molar-refractivity contribution >= 4 is 11.8 Å². The molecule has 21 heavy (non-hydrogen) atoms. The van der Waals surface area contributed by atoms with Crippen LogP contribution < -0.4 is 4.90 Å². The number of likely N-dealkylation sites (N-methyl/N-ethyl adjacent to an activating group) is 1. The van der Waals surface area contributed by atoms with Gasteiger partial charge in [0.15, 0.2) is 0 Å². The zero-order valence-electron chi connectivity index (χ0n) is 12.3. The number of carboxylic acid groups (broad SMARTS) is 1. The fraction of sp³-hybridized carbons (Fsp3) is 0.250. The first kappa shape index (κ1) is 14.8. The minimum absolute atomic E-state index is 0.238. The first-order valence-corrected chi connectivity index (χ1v) is 6.84. The van der Waals surface area contributed by atoms with E-state index in [9.17, 15) is 9.90 Å². The fourth-order valence-electron chi connectivity index (χ4n) is 2.33. The summed E-state index contributed by atoms with van der Waals surface area (Å²) >= 11 is 0. The molecule has 1 N–H and O–H groups in total. The maximum absolute atomic E-state index is 11.6. The van der Waals surface area contributed by atoms with E-state index >= 15 is 0 Å². The van der Waals surface area contributed by atoms with E-state index in [0.717, 1.165) is 5.69 Å². The van der Waals surface area contributed by atoms with Gasteiger partial charge in [0.1, 0.15) is 11.4 Å². The molecule has 0 aliphatic rings. The second-order valence-corrected chi connectivity index (χ2v) is 4.66. The van der Waals surface area contributed by atoms with Gasteiger partial charge >= 0.3 is 5.97 Å². The highest BCUT2D eigenvalue weighted by Gasteiger charge is 2.25. The van der Waals surface area contributed by atoms with Crippen LogP contribution in [0.25, 0.3) is 5.69 Å². The summed E-state index contributed by atoms with van der Waals surface area (Å²) in [5, 5.41) is 13.9. The number of rotatable bonds is 6. The van der Waals surface area contributed by atoms with Crippen molar-refractivity contribution in [2.24, 2.45) is 0 Å². The lowest BCUT2D eigenvalue weighted by Gasteiger charge is -2.23. The Balaban J connectivity index is 2.68. The summed E-state index contributed by atoms with van der Waals surface area (Å²) in [6, 6.07) is 9.53. The van der Waals surface area contributed by atoms with E-state index in [1.807, 2.05) is 42.2 Å². The molecule has 0 bridgehead atoms. The molecule has 0 fully saturated rings. The van der Waals surface area contributed by atoms with Crippen LogP contribution in [0.2, 0.25) is 0 Å². The molecular formula is C16H19N3O2. The average molecular weight is 285 g/mol. The van der Waals surface area contributed by atoms with Crippen LogP contribution >= 0.6 is 0 Å².